The fourth-order valence-corrected chi connectivity index (χ4v) is 2.50. The molecule has 1 aliphatic rings. The van der Waals surface area contributed by atoms with E-state index in [0.717, 1.165) is 0 Å². The van der Waals surface area contributed by atoms with E-state index in [0.29, 0.717) is 18.6 Å². The second-order valence-corrected chi connectivity index (χ2v) is 5.53. The lowest BCUT2D eigenvalue weighted by molar-refractivity contribution is -0.159. The standard InChI is InChI=1S/C12H25NO2.C2H2O4/c1-10(2)13(8-12(15)9-14)11-6-4-3-5-7-11;3-1(4)2(5)6/h10-12,14-15H,3-9H2,1-2H3;(H,3,4)(H,5,6). The highest BCUT2D eigenvalue weighted by atomic mass is 16.4. The number of rotatable bonds is 5. The minimum Gasteiger partial charge on any atom is -0.473 e. The Balaban J connectivity index is 0.000000567. The molecule has 1 fully saturated rings. The van der Waals surface area contributed by atoms with Crippen LogP contribution in [-0.2, 0) is 9.59 Å². The third-order valence-electron chi connectivity index (χ3n) is 3.52. The molecule has 0 aromatic heterocycles. The zero-order valence-electron chi connectivity index (χ0n) is 12.7. The number of nitrogens with zero attached hydrogens (tertiary/aromatic N) is 1. The number of carbonyl (C=O) groups is 2. The molecule has 1 aliphatic carbocycles. The van der Waals surface area contributed by atoms with Gasteiger partial charge in [0.1, 0.15) is 0 Å². The number of aliphatic hydroxyl groups is 2. The third kappa shape index (κ3) is 8.64. The molecule has 0 aromatic carbocycles. The maximum absolute atomic E-state index is 9.52. The SMILES string of the molecule is CC(C)N(CC(O)CO)C1CCCCC1.O=C(O)C(=O)O. The largest absolute Gasteiger partial charge is 0.473 e. The molecule has 1 rings (SSSR count). The Hall–Kier alpha value is -1.18. The molecule has 0 heterocycles. The summed E-state index contributed by atoms with van der Waals surface area (Å²) in [6.07, 6.45) is 5.87. The van der Waals surface area contributed by atoms with Crippen LogP contribution < -0.4 is 0 Å². The van der Waals surface area contributed by atoms with Crippen molar-refractivity contribution in [1.29, 1.82) is 0 Å². The summed E-state index contributed by atoms with van der Waals surface area (Å²) < 4.78 is 0. The molecule has 0 spiro atoms. The fraction of sp³-hybridized carbons (Fsp3) is 0.857. The molecule has 21 heavy (non-hydrogen) atoms. The molecular weight excluding hydrogens is 278 g/mol. The summed E-state index contributed by atoms with van der Waals surface area (Å²) in [5.41, 5.74) is 0. The molecule has 0 bridgehead atoms. The Morgan fingerprint density at radius 1 is 1.10 bits per heavy atom. The molecule has 0 aliphatic heterocycles. The quantitative estimate of drug-likeness (QED) is 0.547. The Kier molecular flexibility index (Phi) is 9.94. The summed E-state index contributed by atoms with van der Waals surface area (Å²) in [4.78, 5) is 20.5. The number of carboxylic acids is 2. The summed E-state index contributed by atoms with van der Waals surface area (Å²) in [7, 11) is 0. The van der Waals surface area contributed by atoms with Crippen LogP contribution in [0.15, 0.2) is 0 Å². The first-order valence-corrected chi connectivity index (χ1v) is 7.30. The van der Waals surface area contributed by atoms with E-state index in [4.69, 9.17) is 24.9 Å². The monoisotopic (exact) mass is 305 g/mol. The van der Waals surface area contributed by atoms with Gasteiger partial charge in [-0.1, -0.05) is 19.3 Å². The molecule has 124 valence electrons. The van der Waals surface area contributed by atoms with E-state index in [1.807, 2.05) is 0 Å². The lowest BCUT2D eigenvalue weighted by Gasteiger charge is -2.38. The van der Waals surface area contributed by atoms with Crippen LogP contribution in [-0.4, -0.2) is 68.6 Å². The van der Waals surface area contributed by atoms with Crippen molar-refractivity contribution >= 4 is 11.9 Å². The van der Waals surface area contributed by atoms with Gasteiger partial charge < -0.3 is 20.4 Å². The van der Waals surface area contributed by atoms with E-state index < -0.39 is 18.0 Å². The van der Waals surface area contributed by atoms with Gasteiger partial charge in [0, 0.05) is 18.6 Å². The summed E-state index contributed by atoms with van der Waals surface area (Å²) in [6.45, 7) is 4.81. The number of hydrogen-bond donors (Lipinski definition) is 4. The Morgan fingerprint density at radius 2 is 1.57 bits per heavy atom. The highest BCUT2D eigenvalue weighted by Gasteiger charge is 2.24. The fourth-order valence-electron chi connectivity index (χ4n) is 2.50. The van der Waals surface area contributed by atoms with Gasteiger partial charge in [0.05, 0.1) is 12.7 Å². The van der Waals surface area contributed by atoms with Crippen LogP contribution >= 0.6 is 0 Å². The van der Waals surface area contributed by atoms with E-state index in [1.165, 1.54) is 32.1 Å². The topological polar surface area (TPSA) is 118 Å². The first kappa shape index (κ1) is 19.8. The predicted octanol–water partition coefficient (Wildman–Crippen LogP) is 0.538. The molecule has 0 aromatic rings. The van der Waals surface area contributed by atoms with Crippen molar-refractivity contribution < 1.29 is 30.0 Å². The van der Waals surface area contributed by atoms with Crippen LogP contribution in [0.2, 0.25) is 0 Å². The van der Waals surface area contributed by atoms with E-state index in [2.05, 4.69) is 18.7 Å². The van der Waals surface area contributed by atoms with Crippen LogP contribution in [0.25, 0.3) is 0 Å². The summed E-state index contributed by atoms with van der Waals surface area (Å²) in [6, 6.07) is 1.06. The van der Waals surface area contributed by atoms with Gasteiger partial charge in [0.15, 0.2) is 0 Å². The summed E-state index contributed by atoms with van der Waals surface area (Å²) >= 11 is 0. The van der Waals surface area contributed by atoms with Gasteiger partial charge in [-0.05, 0) is 26.7 Å². The third-order valence-corrected chi connectivity index (χ3v) is 3.52. The van der Waals surface area contributed by atoms with Crippen molar-refractivity contribution in [3.05, 3.63) is 0 Å². The second kappa shape index (κ2) is 10.5. The lowest BCUT2D eigenvalue weighted by atomic mass is 9.93. The minimum absolute atomic E-state index is 0.129. The average Bonchev–Trinajstić information content (AvgIpc) is 2.45. The number of hydrogen-bond acceptors (Lipinski definition) is 5. The van der Waals surface area contributed by atoms with Gasteiger partial charge >= 0.3 is 11.9 Å². The molecular formula is C14H27NO6. The Labute approximate surface area is 125 Å². The smallest absolute Gasteiger partial charge is 0.414 e. The Bertz CT molecular complexity index is 303. The predicted molar refractivity (Wildman–Crippen MR) is 77.1 cm³/mol. The van der Waals surface area contributed by atoms with Crippen molar-refractivity contribution in [1.82, 2.24) is 4.90 Å². The van der Waals surface area contributed by atoms with E-state index in [-0.39, 0.29) is 6.61 Å². The van der Waals surface area contributed by atoms with Gasteiger partial charge in [-0.2, -0.15) is 0 Å². The van der Waals surface area contributed by atoms with E-state index in [1.54, 1.807) is 0 Å². The highest BCUT2D eigenvalue weighted by Crippen LogP contribution is 2.24. The van der Waals surface area contributed by atoms with Gasteiger partial charge in [-0.25, -0.2) is 9.59 Å². The molecule has 0 saturated heterocycles. The van der Waals surface area contributed by atoms with Gasteiger partial charge in [-0.3, -0.25) is 4.90 Å². The Morgan fingerprint density at radius 3 is 1.90 bits per heavy atom. The normalized spacial score (nSPS) is 17.2. The molecule has 7 nitrogen and oxygen atoms in total. The van der Waals surface area contributed by atoms with Crippen molar-refractivity contribution in [3.8, 4) is 0 Å². The van der Waals surface area contributed by atoms with Crippen LogP contribution in [0.3, 0.4) is 0 Å². The summed E-state index contributed by atoms with van der Waals surface area (Å²) in [5, 5.41) is 33.2. The van der Waals surface area contributed by atoms with Crippen molar-refractivity contribution in [2.75, 3.05) is 13.2 Å². The van der Waals surface area contributed by atoms with Crippen LogP contribution in [0.1, 0.15) is 46.0 Å². The lowest BCUT2D eigenvalue weighted by Crippen LogP contribution is -2.46. The maximum atomic E-state index is 9.52. The van der Waals surface area contributed by atoms with Crippen molar-refractivity contribution in [2.24, 2.45) is 0 Å². The molecule has 1 saturated carbocycles. The summed E-state index contributed by atoms with van der Waals surface area (Å²) in [5.74, 6) is -3.65. The zero-order valence-corrected chi connectivity index (χ0v) is 12.7. The molecule has 0 radical (unpaired) electrons. The first-order valence-electron chi connectivity index (χ1n) is 7.30. The van der Waals surface area contributed by atoms with Crippen LogP contribution in [0, 0.1) is 0 Å². The number of aliphatic hydroxyl groups excluding tert-OH is 2. The second-order valence-electron chi connectivity index (χ2n) is 5.53. The maximum Gasteiger partial charge on any atom is 0.414 e. The zero-order chi connectivity index (χ0) is 16.4. The number of aliphatic carboxylic acids is 2. The molecule has 4 N–H and O–H groups in total. The minimum atomic E-state index is -1.82. The van der Waals surface area contributed by atoms with Gasteiger partial charge in [-0.15, -0.1) is 0 Å². The van der Waals surface area contributed by atoms with Crippen LogP contribution in [0.5, 0.6) is 0 Å². The number of carboxylic acid groups (broad SMARTS) is 2. The van der Waals surface area contributed by atoms with Crippen molar-refractivity contribution in [2.45, 2.75) is 64.1 Å². The van der Waals surface area contributed by atoms with Gasteiger partial charge in [0.25, 0.3) is 0 Å². The van der Waals surface area contributed by atoms with Gasteiger partial charge in [0.2, 0.25) is 0 Å². The average molecular weight is 305 g/mol. The molecule has 0 amide bonds. The van der Waals surface area contributed by atoms with Crippen molar-refractivity contribution in [3.63, 3.8) is 0 Å². The van der Waals surface area contributed by atoms with E-state index >= 15 is 0 Å². The molecule has 1 atom stereocenters. The molecule has 7 heteroatoms. The van der Waals surface area contributed by atoms with E-state index in [9.17, 15) is 5.11 Å². The highest BCUT2D eigenvalue weighted by molar-refractivity contribution is 6.27. The first-order chi connectivity index (χ1) is 9.79. The molecule has 1 unspecified atom stereocenters. The van der Waals surface area contributed by atoms with Crippen LogP contribution in [0.4, 0.5) is 0 Å².